The smallest absolute Gasteiger partial charge is 0.315 e. The van der Waals surface area contributed by atoms with Crippen molar-refractivity contribution in [3.63, 3.8) is 0 Å². The molecule has 3 N–H and O–H groups in total. The number of carbonyl (C=O) groups excluding carboxylic acids is 1. The van der Waals surface area contributed by atoms with Gasteiger partial charge in [-0.25, -0.2) is 4.79 Å². The maximum Gasteiger partial charge on any atom is 0.315 e. The molecule has 1 aliphatic rings. The molecule has 1 aromatic rings. The fraction of sp³-hybridized carbons (Fsp3) is 0.714. The Kier molecular flexibility index (Phi) is 4.84. The highest BCUT2D eigenvalue weighted by atomic mass is 16.3. The molecule has 7 nitrogen and oxygen atoms in total. The van der Waals surface area contributed by atoms with Crippen molar-refractivity contribution in [2.75, 3.05) is 26.7 Å². The minimum atomic E-state index is -0.790. The number of nitrogens with one attached hydrogen (secondary N) is 2. The Morgan fingerprint density at radius 1 is 1.48 bits per heavy atom. The predicted octanol–water partition coefficient (Wildman–Crippen LogP) is 0.237. The maximum absolute atomic E-state index is 11.9. The minimum absolute atomic E-state index is 0.120. The lowest BCUT2D eigenvalue weighted by molar-refractivity contribution is -0.0123. The first kappa shape index (κ1) is 15.8. The first-order chi connectivity index (χ1) is 9.88. The van der Waals surface area contributed by atoms with Crippen LogP contribution in [0.15, 0.2) is 12.4 Å². The zero-order chi connectivity index (χ0) is 15.5. The van der Waals surface area contributed by atoms with Gasteiger partial charge >= 0.3 is 6.03 Å². The van der Waals surface area contributed by atoms with Crippen molar-refractivity contribution in [2.24, 2.45) is 7.05 Å². The van der Waals surface area contributed by atoms with Crippen LogP contribution in [-0.2, 0) is 7.05 Å². The zero-order valence-electron chi connectivity index (χ0n) is 13.0. The predicted molar refractivity (Wildman–Crippen MR) is 79.8 cm³/mol. The molecular formula is C14H25N5O2. The van der Waals surface area contributed by atoms with Crippen LogP contribution in [-0.4, -0.2) is 58.1 Å². The first-order valence-corrected chi connectivity index (χ1v) is 7.32. The van der Waals surface area contributed by atoms with Crippen molar-refractivity contribution in [1.29, 1.82) is 0 Å². The highest BCUT2D eigenvalue weighted by molar-refractivity contribution is 5.74. The number of hydrogen-bond donors (Lipinski definition) is 3. The summed E-state index contributed by atoms with van der Waals surface area (Å²) >= 11 is 0. The van der Waals surface area contributed by atoms with E-state index in [0.717, 1.165) is 18.7 Å². The molecule has 1 unspecified atom stereocenters. The topological polar surface area (TPSA) is 82.4 Å². The lowest BCUT2D eigenvalue weighted by Crippen LogP contribution is -2.51. The van der Waals surface area contributed by atoms with Gasteiger partial charge in [-0.05, 0) is 26.8 Å². The van der Waals surface area contributed by atoms with E-state index in [0.29, 0.717) is 12.8 Å². The lowest BCUT2D eigenvalue weighted by Gasteiger charge is -2.36. The Hall–Kier alpha value is -1.60. The summed E-state index contributed by atoms with van der Waals surface area (Å²) in [6.07, 6.45) is 4.97. The van der Waals surface area contributed by atoms with E-state index in [9.17, 15) is 9.90 Å². The number of likely N-dealkylation sites (tertiary alicyclic amines) is 1. The van der Waals surface area contributed by atoms with Gasteiger partial charge < -0.3 is 20.6 Å². The average Bonchev–Trinajstić information content (AvgIpc) is 2.87. The third kappa shape index (κ3) is 4.44. The third-order valence-electron chi connectivity index (χ3n) is 4.07. The summed E-state index contributed by atoms with van der Waals surface area (Å²) in [5.74, 6) is 0. The van der Waals surface area contributed by atoms with E-state index in [4.69, 9.17) is 0 Å². The molecule has 21 heavy (non-hydrogen) atoms. The van der Waals surface area contributed by atoms with Crippen molar-refractivity contribution in [1.82, 2.24) is 25.3 Å². The summed E-state index contributed by atoms with van der Waals surface area (Å²) in [4.78, 5) is 14.1. The minimum Gasteiger partial charge on any atom is -0.388 e. The quantitative estimate of drug-likeness (QED) is 0.743. The molecule has 7 heteroatoms. The normalized spacial score (nSPS) is 20.0. The standard InChI is InChI=1S/C14H25N5O2/c1-11(12-8-16-19(3)9-12)17-13(20)15-10-14(21)4-6-18(2)7-5-14/h8-9,11,21H,4-7,10H2,1-3H3,(H2,15,17,20). The molecule has 1 aliphatic heterocycles. The molecule has 0 aromatic carbocycles. The number of nitrogens with zero attached hydrogens (tertiary/aromatic N) is 3. The summed E-state index contributed by atoms with van der Waals surface area (Å²) in [5.41, 5.74) is 0.159. The SMILES string of the molecule is CC(NC(=O)NCC1(O)CCN(C)CC1)c1cnn(C)c1. The van der Waals surface area contributed by atoms with Crippen molar-refractivity contribution in [2.45, 2.75) is 31.4 Å². The fourth-order valence-corrected chi connectivity index (χ4v) is 2.45. The molecular weight excluding hydrogens is 270 g/mol. The second-order valence-corrected chi connectivity index (χ2v) is 6.02. The van der Waals surface area contributed by atoms with Crippen LogP contribution in [0.3, 0.4) is 0 Å². The van der Waals surface area contributed by atoms with E-state index in [1.807, 2.05) is 27.2 Å². The molecule has 0 saturated carbocycles. The zero-order valence-corrected chi connectivity index (χ0v) is 13.0. The molecule has 2 rings (SSSR count). The van der Waals surface area contributed by atoms with Gasteiger partial charge in [0.15, 0.2) is 0 Å². The molecule has 1 saturated heterocycles. The van der Waals surface area contributed by atoms with Gasteiger partial charge in [0.05, 0.1) is 17.8 Å². The van der Waals surface area contributed by atoms with E-state index in [-0.39, 0.29) is 18.6 Å². The average molecular weight is 295 g/mol. The molecule has 1 aromatic heterocycles. The van der Waals surface area contributed by atoms with Crippen LogP contribution in [0.5, 0.6) is 0 Å². The molecule has 0 bridgehead atoms. The third-order valence-corrected chi connectivity index (χ3v) is 4.07. The van der Waals surface area contributed by atoms with Gasteiger partial charge in [-0.2, -0.15) is 5.10 Å². The number of aryl methyl sites for hydroxylation is 1. The number of piperidine rings is 1. The molecule has 2 amide bonds. The number of rotatable bonds is 4. The van der Waals surface area contributed by atoms with Gasteiger partial charge in [0.2, 0.25) is 0 Å². The number of urea groups is 1. The van der Waals surface area contributed by atoms with Crippen LogP contribution in [0, 0.1) is 0 Å². The van der Waals surface area contributed by atoms with E-state index in [1.54, 1.807) is 10.9 Å². The summed E-state index contributed by atoms with van der Waals surface area (Å²) in [7, 11) is 3.88. The second-order valence-electron chi connectivity index (χ2n) is 6.02. The molecule has 0 radical (unpaired) electrons. The number of amides is 2. The van der Waals surface area contributed by atoms with Crippen molar-refractivity contribution in [3.05, 3.63) is 18.0 Å². The Bertz CT molecular complexity index is 479. The highest BCUT2D eigenvalue weighted by Gasteiger charge is 2.31. The van der Waals surface area contributed by atoms with E-state index in [2.05, 4.69) is 20.6 Å². The number of hydrogen-bond acceptors (Lipinski definition) is 4. The van der Waals surface area contributed by atoms with Gasteiger partial charge in [-0.3, -0.25) is 4.68 Å². The van der Waals surface area contributed by atoms with Crippen LogP contribution >= 0.6 is 0 Å². The first-order valence-electron chi connectivity index (χ1n) is 7.32. The van der Waals surface area contributed by atoms with Crippen LogP contribution in [0.1, 0.15) is 31.4 Å². The monoisotopic (exact) mass is 295 g/mol. The van der Waals surface area contributed by atoms with Gasteiger partial charge in [-0.1, -0.05) is 0 Å². The molecule has 0 aliphatic carbocycles. The lowest BCUT2D eigenvalue weighted by atomic mass is 9.92. The Morgan fingerprint density at radius 3 is 2.71 bits per heavy atom. The molecule has 2 heterocycles. The molecule has 1 atom stereocenters. The summed E-state index contributed by atoms with van der Waals surface area (Å²) in [5, 5.41) is 20.1. The largest absolute Gasteiger partial charge is 0.388 e. The molecule has 1 fully saturated rings. The van der Waals surface area contributed by atoms with Gasteiger partial charge in [0, 0.05) is 38.4 Å². The molecule has 0 spiro atoms. The maximum atomic E-state index is 11.9. The summed E-state index contributed by atoms with van der Waals surface area (Å²) in [6, 6.07) is -0.385. The number of carbonyl (C=O) groups is 1. The molecule has 118 valence electrons. The van der Waals surface area contributed by atoms with Crippen molar-refractivity contribution >= 4 is 6.03 Å². The number of aliphatic hydroxyl groups is 1. The summed E-state index contributed by atoms with van der Waals surface area (Å²) < 4.78 is 1.70. The van der Waals surface area contributed by atoms with Crippen LogP contribution < -0.4 is 10.6 Å². The second kappa shape index (κ2) is 6.44. The van der Waals surface area contributed by atoms with E-state index >= 15 is 0 Å². The fourth-order valence-electron chi connectivity index (χ4n) is 2.45. The van der Waals surface area contributed by atoms with Gasteiger partial charge in [-0.15, -0.1) is 0 Å². The van der Waals surface area contributed by atoms with Crippen LogP contribution in [0.25, 0.3) is 0 Å². The van der Waals surface area contributed by atoms with Gasteiger partial charge in [0.1, 0.15) is 0 Å². The Morgan fingerprint density at radius 2 is 2.14 bits per heavy atom. The van der Waals surface area contributed by atoms with Crippen LogP contribution in [0.2, 0.25) is 0 Å². The Labute approximate surface area is 125 Å². The Balaban J connectivity index is 1.77. The van der Waals surface area contributed by atoms with Crippen molar-refractivity contribution < 1.29 is 9.90 Å². The summed E-state index contributed by atoms with van der Waals surface area (Å²) in [6.45, 7) is 3.89. The van der Waals surface area contributed by atoms with E-state index < -0.39 is 5.60 Å². The van der Waals surface area contributed by atoms with E-state index in [1.165, 1.54) is 0 Å². The van der Waals surface area contributed by atoms with Gasteiger partial charge in [0.25, 0.3) is 0 Å². The number of aromatic nitrogens is 2. The van der Waals surface area contributed by atoms with Crippen molar-refractivity contribution in [3.8, 4) is 0 Å². The highest BCUT2D eigenvalue weighted by Crippen LogP contribution is 2.20. The van der Waals surface area contributed by atoms with Crippen LogP contribution in [0.4, 0.5) is 4.79 Å².